The number of aromatic nitrogens is 1. The summed E-state index contributed by atoms with van der Waals surface area (Å²) in [4.78, 5) is 16.6. The molecule has 0 aliphatic rings. The molecular formula is C20H15ClN4O. The lowest BCUT2D eigenvalue weighted by Crippen LogP contribution is -2.14. The SMILES string of the molecule is Cc1c(Cl)cccc1NC(=O)c1cc(Nc2ccccc2C#N)ccn1. The van der Waals surface area contributed by atoms with Gasteiger partial charge in [0.15, 0.2) is 0 Å². The van der Waals surface area contributed by atoms with Gasteiger partial charge in [0.25, 0.3) is 5.91 Å². The highest BCUT2D eigenvalue weighted by Gasteiger charge is 2.11. The first-order chi connectivity index (χ1) is 12.6. The van der Waals surface area contributed by atoms with Crippen LogP contribution in [0.3, 0.4) is 0 Å². The Labute approximate surface area is 156 Å². The first kappa shape index (κ1) is 17.5. The maximum absolute atomic E-state index is 12.5. The van der Waals surface area contributed by atoms with Crippen molar-refractivity contribution in [3.05, 3.63) is 82.6 Å². The largest absolute Gasteiger partial charge is 0.354 e. The number of rotatable bonds is 4. The summed E-state index contributed by atoms with van der Waals surface area (Å²) in [6.45, 7) is 1.84. The highest BCUT2D eigenvalue weighted by atomic mass is 35.5. The van der Waals surface area contributed by atoms with Crippen molar-refractivity contribution in [1.82, 2.24) is 4.98 Å². The third kappa shape index (κ3) is 3.82. The predicted molar refractivity (Wildman–Crippen MR) is 103 cm³/mol. The lowest BCUT2D eigenvalue weighted by molar-refractivity contribution is 0.102. The van der Waals surface area contributed by atoms with Crippen molar-refractivity contribution in [3.63, 3.8) is 0 Å². The molecule has 0 atom stereocenters. The number of hydrogen-bond acceptors (Lipinski definition) is 4. The molecule has 0 aliphatic heterocycles. The summed E-state index contributed by atoms with van der Waals surface area (Å²) in [5, 5.41) is 15.7. The molecule has 128 valence electrons. The van der Waals surface area contributed by atoms with Gasteiger partial charge in [0.05, 0.1) is 11.3 Å². The molecule has 0 radical (unpaired) electrons. The molecule has 2 aromatic carbocycles. The van der Waals surface area contributed by atoms with E-state index in [9.17, 15) is 10.1 Å². The molecule has 3 rings (SSSR count). The maximum Gasteiger partial charge on any atom is 0.274 e. The van der Waals surface area contributed by atoms with E-state index in [1.807, 2.05) is 13.0 Å². The van der Waals surface area contributed by atoms with Crippen molar-refractivity contribution in [2.75, 3.05) is 10.6 Å². The quantitative estimate of drug-likeness (QED) is 0.691. The predicted octanol–water partition coefficient (Wildman–Crippen LogP) is 4.91. The van der Waals surface area contributed by atoms with E-state index in [0.29, 0.717) is 27.6 Å². The number of hydrogen-bond donors (Lipinski definition) is 2. The number of amides is 1. The van der Waals surface area contributed by atoms with Gasteiger partial charge in [0.1, 0.15) is 11.8 Å². The van der Waals surface area contributed by atoms with Crippen molar-refractivity contribution in [2.24, 2.45) is 0 Å². The van der Waals surface area contributed by atoms with Crippen LogP contribution in [0.1, 0.15) is 21.6 Å². The average Bonchev–Trinajstić information content (AvgIpc) is 2.66. The Morgan fingerprint density at radius 2 is 1.88 bits per heavy atom. The van der Waals surface area contributed by atoms with Crippen LogP contribution in [-0.2, 0) is 0 Å². The minimum absolute atomic E-state index is 0.254. The van der Waals surface area contributed by atoms with Crippen molar-refractivity contribution < 1.29 is 4.79 Å². The van der Waals surface area contributed by atoms with Crippen LogP contribution in [-0.4, -0.2) is 10.9 Å². The molecule has 1 amide bonds. The summed E-state index contributed by atoms with van der Waals surface area (Å²) in [5.41, 5.74) is 3.53. The highest BCUT2D eigenvalue weighted by molar-refractivity contribution is 6.31. The van der Waals surface area contributed by atoms with E-state index >= 15 is 0 Å². The third-order valence-corrected chi connectivity index (χ3v) is 4.24. The molecule has 2 N–H and O–H groups in total. The number of pyridine rings is 1. The fraction of sp³-hybridized carbons (Fsp3) is 0.0500. The molecule has 1 heterocycles. The minimum atomic E-state index is -0.340. The lowest BCUT2D eigenvalue weighted by Gasteiger charge is -2.11. The molecule has 0 bridgehead atoms. The molecule has 0 saturated carbocycles. The molecule has 6 heteroatoms. The number of nitriles is 1. The van der Waals surface area contributed by atoms with Crippen molar-refractivity contribution in [2.45, 2.75) is 6.92 Å². The first-order valence-electron chi connectivity index (χ1n) is 7.87. The Kier molecular flexibility index (Phi) is 5.16. The number of anilines is 3. The van der Waals surface area contributed by atoms with Crippen LogP contribution in [0, 0.1) is 18.3 Å². The van der Waals surface area contributed by atoms with Gasteiger partial charge in [-0.1, -0.05) is 29.8 Å². The summed E-state index contributed by atoms with van der Waals surface area (Å²) in [6, 6.07) is 18.0. The number of benzene rings is 2. The van der Waals surface area contributed by atoms with Crippen molar-refractivity contribution in [1.29, 1.82) is 5.26 Å². The second-order valence-corrected chi connectivity index (χ2v) is 5.99. The Morgan fingerprint density at radius 1 is 1.12 bits per heavy atom. The second kappa shape index (κ2) is 7.68. The molecular weight excluding hydrogens is 348 g/mol. The van der Waals surface area contributed by atoms with Crippen LogP contribution < -0.4 is 10.6 Å². The summed E-state index contributed by atoms with van der Waals surface area (Å²) in [6.07, 6.45) is 1.54. The van der Waals surface area contributed by atoms with E-state index in [4.69, 9.17) is 11.6 Å². The molecule has 0 unspecified atom stereocenters. The molecule has 26 heavy (non-hydrogen) atoms. The fourth-order valence-electron chi connectivity index (χ4n) is 2.41. The summed E-state index contributed by atoms with van der Waals surface area (Å²) in [7, 11) is 0. The molecule has 5 nitrogen and oxygen atoms in total. The molecule has 3 aromatic rings. The molecule has 0 saturated heterocycles. The van der Waals surface area contributed by atoms with E-state index in [1.165, 1.54) is 6.20 Å². The van der Waals surface area contributed by atoms with Gasteiger partial charge in [-0.25, -0.2) is 0 Å². The lowest BCUT2D eigenvalue weighted by atomic mass is 10.2. The minimum Gasteiger partial charge on any atom is -0.354 e. The number of halogens is 1. The topological polar surface area (TPSA) is 77.8 Å². The Hall–Kier alpha value is -3.36. The zero-order valence-corrected chi connectivity index (χ0v) is 14.7. The fourth-order valence-corrected chi connectivity index (χ4v) is 2.58. The number of para-hydroxylation sites is 1. The van der Waals surface area contributed by atoms with Gasteiger partial charge in [0.2, 0.25) is 0 Å². The van der Waals surface area contributed by atoms with E-state index in [2.05, 4.69) is 21.7 Å². The highest BCUT2D eigenvalue weighted by Crippen LogP contribution is 2.24. The average molecular weight is 363 g/mol. The van der Waals surface area contributed by atoms with Crippen molar-refractivity contribution in [3.8, 4) is 6.07 Å². The van der Waals surface area contributed by atoms with Gasteiger partial charge in [-0.05, 0) is 48.9 Å². The van der Waals surface area contributed by atoms with Crippen LogP contribution in [0.15, 0.2) is 60.8 Å². The van der Waals surface area contributed by atoms with Gasteiger partial charge in [-0.2, -0.15) is 5.26 Å². The summed E-state index contributed by atoms with van der Waals surface area (Å²) in [5.74, 6) is -0.340. The van der Waals surface area contributed by atoms with Gasteiger partial charge >= 0.3 is 0 Å². The Morgan fingerprint density at radius 3 is 2.69 bits per heavy atom. The first-order valence-corrected chi connectivity index (χ1v) is 8.25. The number of nitrogens with zero attached hydrogens (tertiary/aromatic N) is 2. The maximum atomic E-state index is 12.5. The second-order valence-electron chi connectivity index (χ2n) is 5.58. The number of carbonyl (C=O) groups excluding carboxylic acids is 1. The third-order valence-electron chi connectivity index (χ3n) is 3.83. The van der Waals surface area contributed by atoms with E-state index in [0.717, 1.165) is 5.56 Å². The standard InChI is InChI=1S/C20H15ClN4O/c1-13-16(21)6-4-8-17(13)25-20(26)19-11-15(9-10-23-19)24-18-7-3-2-5-14(18)12-22/h2-11H,1H3,(H,23,24)(H,25,26). The van der Waals surface area contributed by atoms with Crippen LogP contribution in [0.2, 0.25) is 5.02 Å². The number of nitrogens with one attached hydrogen (secondary N) is 2. The molecule has 1 aromatic heterocycles. The van der Waals surface area contributed by atoms with Crippen LogP contribution in [0.5, 0.6) is 0 Å². The smallest absolute Gasteiger partial charge is 0.274 e. The van der Waals surface area contributed by atoms with Crippen LogP contribution in [0.25, 0.3) is 0 Å². The molecule has 0 spiro atoms. The molecule has 0 aliphatic carbocycles. The monoisotopic (exact) mass is 362 g/mol. The summed E-state index contributed by atoms with van der Waals surface area (Å²) >= 11 is 6.08. The zero-order valence-electron chi connectivity index (χ0n) is 14.0. The van der Waals surface area contributed by atoms with Gasteiger partial charge in [-0.3, -0.25) is 9.78 Å². The van der Waals surface area contributed by atoms with Gasteiger partial charge in [0, 0.05) is 22.6 Å². The van der Waals surface area contributed by atoms with Gasteiger partial charge in [-0.15, -0.1) is 0 Å². The van der Waals surface area contributed by atoms with Gasteiger partial charge < -0.3 is 10.6 Å². The van der Waals surface area contributed by atoms with Crippen LogP contribution in [0.4, 0.5) is 17.1 Å². The van der Waals surface area contributed by atoms with E-state index in [-0.39, 0.29) is 11.6 Å². The molecule has 0 fully saturated rings. The number of carbonyl (C=O) groups is 1. The van der Waals surface area contributed by atoms with Crippen molar-refractivity contribution >= 4 is 34.6 Å². The van der Waals surface area contributed by atoms with E-state index < -0.39 is 0 Å². The Balaban J connectivity index is 1.82. The van der Waals surface area contributed by atoms with Crippen LogP contribution >= 0.6 is 11.6 Å². The Bertz CT molecular complexity index is 1010. The zero-order chi connectivity index (χ0) is 18.5. The van der Waals surface area contributed by atoms with E-state index in [1.54, 1.807) is 48.5 Å². The normalized spacial score (nSPS) is 10.0. The summed E-state index contributed by atoms with van der Waals surface area (Å²) < 4.78 is 0.